The Kier molecular flexibility index (Phi) is 3.35. The summed E-state index contributed by atoms with van der Waals surface area (Å²) in [5.74, 6) is 0. The molecular weight excluding hydrogens is 262 g/mol. The van der Waals surface area contributed by atoms with E-state index in [9.17, 15) is 4.79 Å². The van der Waals surface area contributed by atoms with E-state index in [-0.39, 0.29) is 11.7 Å². The van der Waals surface area contributed by atoms with Crippen molar-refractivity contribution in [2.45, 2.75) is 25.5 Å². The van der Waals surface area contributed by atoms with Gasteiger partial charge in [0.15, 0.2) is 5.13 Å². The molecule has 1 atom stereocenters. The summed E-state index contributed by atoms with van der Waals surface area (Å²) in [5, 5.41) is 2.28. The van der Waals surface area contributed by atoms with Gasteiger partial charge in [-0.05, 0) is 25.0 Å². The Balaban J connectivity index is 1.92. The highest BCUT2D eigenvalue weighted by Gasteiger charge is 2.17. The van der Waals surface area contributed by atoms with Crippen LogP contribution in [0.1, 0.15) is 12.8 Å². The minimum absolute atomic E-state index is 0.0386. The molecule has 5 nitrogen and oxygen atoms in total. The monoisotopic (exact) mass is 277 g/mol. The second-order valence-corrected chi connectivity index (χ2v) is 5.48. The number of aromatic nitrogens is 2. The molecule has 100 valence electrons. The maximum Gasteiger partial charge on any atom is 0.260 e. The summed E-state index contributed by atoms with van der Waals surface area (Å²) in [6, 6.07) is 3.64. The zero-order chi connectivity index (χ0) is 13.2. The van der Waals surface area contributed by atoms with Gasteiger partial charge < -0.3 is 15.0 Å². The maximum atomic E-state index is 12.4. The van der Waals surface area contributed by atoms with Crippen LogP contribution in [0.4, 0.5) is 5.13 Å². The number of thiazole rings is 1. The van der Waals surface area contributed by atoms with E-state index in [4.69, 9.17) is 10.5 Å². The first-order valence-electron chi connectivity index (χ1n) is 6.26. The van der Waals surface area contributed by atoms with E-state index in [1.54, 1.807) is 16.8 Å². The number of ether oxygens (including phenoxy) is 1. The fourth-order valence-corrected chi connectivity index (χ4v) is 2.86. The van der Waals surface area contributed by atoms with Gasteiger partial charge in [-0.3, -0.25) is 4.79 Å². The van der Waals surface area contributed by atoms with Crippen molar-refractivity contribution in [3.63, 3.8) is 0 Å². The third-order valence-corrected chi connectivity index (χ3v) is 3.92. The molecule has 0 aliphatic carbocycles. The van der Waals surface area contributed by atoms with E-state index in [2.05, 4.69) is 4.98 Å². The van der Waals surface area contributed by atoms with E-state index >= 15 is 0 Å². The molecule has 1 aliphatic heterocycles. The Bertz CT molecular complexity index is 629. The molecule has 19 heavy (non-hydrogen) atoms. The molecule has 0 amide bonds. The van der Waals surface area contributed by atoms with Gasteiger partial charge in [0.05, 0.1) is 23.9 Å². The first-order chi connectivity index (χ1) is 9.24. The molecule has 0 radical (unpaired) electrons. The van der Waals surface area contributed by atoms with Gasteiger partial charge in [-0.25, -0.2) is 4.98 Å². The van der Waals surface area contributed by atoms with Crippen molar-refractivity contribution in [2.75, 3.05) is 12.3 Å². The van der Waals surface area contributed by atoms with Gasteiger partial charge in [0.2, 0.25) is 0 Å². The molecule has 1 fully saturated rings. The molecule has 0 bridgehead atoms. The molecule has 0 spiro atoms. The van der Waals surface area contributed by atoms with Gasteiger partial charge >= 0.3 is 0 Å². The van der Waals surface area contributed by atoms with Crippen molar-refractivity contribution in [3.05, 3.63) is 34.1 Å². The van der Waals surface area contributed by atoms with Crippen molar-refractivity contribution >= 4 is 16.5 Å². The summed E-state index contributed by atoms with van der Waals surface area (Å²) in [6.07, 6.45) is 4.03. The van der Waals surface area contributed by atoms with E-state index in [1.807, 2.05) is 11.4 Å². The molecule has 3 heterocycles. The largest absolute Gasteiger partial charge is 0.376 e. The van der Waals surface area contributed by atoms with E-state index < -0.39 is 0 Å². The summed E-state index contributed by atoms with van der Waals surface area (Å²) in [4.78, 5) is 16.6. The van der Waals surface area contributed by atoms with Crippen LogP contribution in [0.25, 0.3) is 11.3 Å². The topological polar surface area (TPSA) is 70.1 Å². The van der Waals surface area contributed by atoms with Crippen molar-refractivity contribution in [1.82, 2.24) is 9.55 Å². The van der Waals surface area contributed by atoms with Crippen LogP contribution in [-0.4, -0.2) is 22.3 Å². The average Bonchev–Trinajstić information content (AvgIpc) is 3.03. The molecule has 2 aromatic rings. The summed E-state index contributed by atoms with van der Waals surface area (Å²) >= 11 is 1.34. The van der Waals surface area contributed by atoms with Crippen LogP contribution in [-0.2, 0) is 11.3 Å². The number of hydrogen-bond acceptors (Lipinski definition) is 5. The molecule has 6 heteroatoms. The van der Waals surface area contributed by atoms with Crippen LogP contribution in [0.2, 0.25) is 0 Å². The minimum atomic E-state index is -0.0386. The van der Waals surface area contributed by atoms with E-state index in [0.29, 0.717) is 22.9 Å². The smallest absolute Gasteiger partial charge is 0.260 e. The standard InChI is InChI=1S/C13H15N3O2S/c14-13-15-11(8-19-13)10-4-1-5-16(12(10)17)7-9-3-2-6-18-9/h1,4-5,8-9H,2-3,6-7H2,(H2,14,15). The first kappa shape index (κ1) is 12.4. The van der Waals surface area contributed by atoms with E-state index in [1.165, 1.54) is 11.3 Å². The Morgan fingerprint density at radius 2 is 2.47 bits per heavy atom. The summed E-state index contributed by atoms with van der Waals surface area (Å²) in [6.45, 7) is 1.40. The number of pyridine rings is 1. The first-order valence-corrected chi connectivity index (χ1v) is 7.14. The summed E-state index contributed by atoms with van der Waals surface area (Å²) in [7, 11) is 0. The minimum Gasteiger partial charge on any atom is -0.376 e. The Morgan fingerprint density at radius 3 is 3.16 bits per heavy atom. The molecule has 1 saturated heterocycles. The van der Waals surface area contributed by atoms with Crippen LogP contribution < -0.4 is 11.3 Å². The van der Waals surface area contributed by atoms with Gasteiger partial charge in [-0.1, -0.05) is 0 Å². The number of nitrogen functional groups attached to an aromatic ring is 1. The molecule has 1 unspecified atom stereocenters. The predicted octanol–water partition coefficient (Wildman–Crippen LogP) is 1.73. The normalized spacial score (nSPS) is 18.8. The lowest BCUT2D eigenvalue weighted by molar-refractivity contribution is 0.0962. The van der Waals surface area contributed by atoms with Crippen LogP contribution in [0.3, 0.4) is 0 Å². The maximum absolute atomic E-state index is 12.4. The fraction of sp³-hybridized carbons (Fsp3) is 0.385. The lowest BCUT2D eigenvalue weighted by Gasteiger charge is -2.12. The van der Waals surface area contributed by atoms with Gasteiger partial charge in [0.25, 0.3) is 5.56 Å². The molecule has 3 rings (SSSR count). The summed E-state index contributed by atoms with van der Waals surface area (Å²) in [5.41, 5.74) is 6.81. The number of hydrogen-bond donors (Lipinski definition) is 1. The lowest BCUT2D eigenvalue weighted by Crippen LogP contribution is -2.26. The third kappa shape index (κ3) is 2.54. The van der Waals surface area contributed by atoms with Crippen molar-refractivity contribution < 1.29 is 4.74 Å². The molecule has 2 aromatic heterocycles. The zero-order valence-corrected chi connectivity index (χ0v) is 11.2. The highest BCUT2D eigenvalue weighted by Crippen LogP contribution is 2.20. The number of nitrogens with two attached hydrogens (primary N) is 1. The van der Waals surface area contributed by atoms with Gasteiger partial charge in [-0.2, -0.15) is 0 Å². The second kappa shape index (κ2) is 5.14. The van der Waals surface area contributed by atoms with Crippen LogP contribution in [0.15, 0.2) is 28.5 Å². The van der Waals surface area contributed by atoms with Gasteiger partial charge in [-0.15, -0.1) is 11.3 Å². The van der Waals surface area contributed by atoms with Gasteiger partial charge in [0.1, 0.15) is 0 Å². The number of rotatable bonds is 3. The molecule has 0 aromatic carbocycles. The van der Waals surface area contributed by atoms with Crippen LogP contribution >= 0.6 is 11.3 Å². The molecule has 1 aliphatic rings. The zero-order valence-electron chi connectivity index (χ0n) is 10.4. The lowest BCUT2D eigenvalue weighted by atomic mass is 10.2. The highest BCUT2D eigenvalue weighted by molar-refractivity contribution is 7.13. The van der Waals surface area contributed by atoms with Gasteiger partial charge in [0, 0.05) is 18.2 Å². The number of anilines is 1. The Morgan fingerprint density at radius 1 is 1.58 bits per heavy atom. The second-order valence-electron chi connectivity index (χ2n) is 4.59. The Labute approximate surface area is 114 Å². The SMILES string of the molecule is Nc1nc(-c2cccn(CC3CCCO3)c2=O)cs1. The Hall–Kier alpha value is -1.66. The average molecular weight is 277 g/mol. The quantitative estimate of drug-likeness (QED) is 0.927. The highest BCUT2D eigenvalue weighted by atomic mass is 32.1. The van der Waals surface area contributed by atoms with Crippen molar-refractivity contribution in [1.29, 1.82) is 0 Å². The van der Waals surface area contributed by atoms with Crippen molar-refractivity contribution in [3.8, 4) is 11.3 Å². The predicted molar refractivity (Wildman–Crippen MR) is 75.2 cm³/mol. The number of nitrogens with zero attached hydrogens (tertiary/aromatic N) is 2. The summed E-state index contributed by atoms with van der Waals surface area (Å²) < 4.78 is 7.26. The van der Waals surface area contributed by atoms with E-state index in [0.717, 1.165) is 19.4 Å². The van der Waals surface area contributed by atoms with Crippen LogP contribution in [0.5, 0.6) is 0 Å². The third-order valence-electron chi connectivity index (χ3n) is 3.24. The molecular formula is C13H15N3O2S. The molecule has 0 saturated carbocycles. The van der Waals surface area contributed by atoms with Crippen LogP contribution in [0, 0.1) is 0 Å². The fourth-order valence-electron chi connectivity index (χ4n) is 2.29. The van der Waals surface area contributed by atoms with Crippen molar-refractivity contribution in [2.24, 2.45) is 0 Å². The molecule has 2 N–H and O–H groups in total.